The van der Waals surface area contributed by atoms with Crippen LogP contribution in [0.2, 0.25) is 0 Å². The first-order valence-corrected chi connectivity index (χ1v) is 7.93. The van der Waals surface area contributed by atoms with Crippen molar-refractivity contribution in [1.82, 2.24) is 4.31 Å². The smallest absolute Gasteiger partial charge is 0.322 e. The van der Waals surface area contributed by atoms with E-state index in [1.807, 2.05) is 6.92 Å². The van der Waals surface area contributed by atoms with Gasteiger partial charge in [0.2, 0.25) is 0 Å². The van der Waals surface area contributed by atoms with Gasteiger partial charge in [0.1, 0.15) is 6.04 Å². The van der Waals surface area contributed by atoms with Crippen LogP contribution in [-0.4, -0.2) is 36.4 Å². The summed E-state index contributed by atoms with van der Waals surface area (Å²) in [4.78, 5) is 11.2. The number of nitrogens with one attached hydrogen (secondary N) is 1. The normalized spacial score (nSPS) is 20.6. The third kappa shape index (κ3) is 3.29. The Bertz CT molecular complexity index is 583. The lowest BCUT2D eigenvalue weighted by Gasteiger charge is -2.31. The Morgan fingerprint density at radius 3 is 2.55 bits per heavy atom. The molecule has 110 valence electrons. The van der Waals surface area contributed by atoms with Crippen LogP contribution in [-0.2, 0) is 15.0 Å². The summed E-state index contributed by atoms with van der Waals surface area (Å²) in [5.41, 5.74) is 1.46. The van der Waals surface area contributed by atoms with E-state index in [-0.39, 0.29) is 6.54 Å². The van der Waals surface area contributed by atoms with Gasteiger partial charge in [0, 0.05) is 12.2 Å². The van der Waals surface area contributed by atoms with Crippen LogP contribution in [0.15, 0.2) is 24.3 Å². The fourth-order valence-electron chi connectivity index (χ4n) is 2.27. The summed E-state index contributed by atoms with van der Waals surface area (Å²) in [5.74, 6) is -1.10. The lowest BCUT2D eigenvalue weighted by atomic mass is 10.1. The van der Waals surface area contributed by atoms with Crippen molar-refractivity contribution in [1.29, 1.82) is 0 Å². The maximum absolute atomic E-state index is 12.3. The third-order valence-electron chi connectivity index (χ3n) is 3.35. The van der Waals surface area contributed by atoms with Crippen molar-refractivity contribution in [3.63, 3.8) is 0 Å². The zero-order valence-corrected chi connectivity index (χ0v) is 12.1. The number of rotatable bonds is 4. The lowest BCUT2D eigenvalue weighted by Crippen LogP contribution is -2.49. The van der Waals surface area contributed by atoms with Crippen LogP contribution in [0.1, 0.15) is 24.8 Å². The Morgan fingerprint density at radius 1 is 1.30 bits per heavy atom. The average molecular weight is 298 g/mol. The second kappa shape index (κ2) is 5.80. The van der Waals surface area contributed by atoms with E-state index in [1.165, 1.54) is 0 Å². The molecule has 1 aromatic rings. The molecule has 0 aliphatic carbocycles. The molecule has 1 aromatic carbocycles. The quantitative estimate of drug-likeness (QED) is 0.883. The molecule has 0 saturated carbocycles. The first-order valence-electron chi connectivity index (χ1n) is 6.49. The van der Waals surface area contributed by atoms with Gasteiger partial charge in [-0.2, -0.15) is 12.7 Å². The van der Waals surface area contributed by atoms with Crippen molar-refractivity contribution < 1.29 is 18.3 Å². The van der Waals surface area contributed by atoms with Crippen LogP contribution < -0.4 is 4.72 Å². The number of carboxylic acid groups (broad SMARTS) is 1. The minimum Gasteiger partial charge on any atom is -0.480 e. The summed E-state index contributed by atoms with van der Waals surface area (Å²) in [5, 5.41) is 9.14. The zero-order chi connectivity index (χ0) is 14.8. The van der Waals surface area contributed by atoms with Crippen LogP contribution in [0.4, 0.5) is 5.69 Å². The van der Waals surface area contributed by atoms with Gasteiger partial charge in [-0.05, 0) is 38.3 Å². The second-order valence-corrected chi connectivity index (χ2v) is 6.56. The summed E-state index contributed by atoms with van der Waals surface area (Å²) < 4.78 is 28.1. The van der Waals surface area contributed by atoms with Gasteiger partial charge in [-0.1, -0.05) is 17.7 Å². The number of hydrogen-bond acceptors (Lipinski definition) is 3. The average Bonchev–Trinajstić information content (AvgIpc) is 2.41. The van der Waals surface area contributed by atoms with Crippen molar-refractivity contribution >= 4 is 21.9 Å². The molecule has 2 N–H and O–H groups in total. The number of hydrogen-bond donors (Lipinski definition) is 2. The third-order valence-corrected chi connectivity index (χ3v) is 4.89. The topological polar surface area (TPSA) is 86.7 Å². The summed E-state index contributed by atoms with van der Waals surface area (Å²) in [6, 6.07) is 5.93. The Morgan fingerprint density at radius 2 is 1.95 bits per heavy atom. The van der Waals surface area contributed by atoms with Crippen LogP contribution in [0, 0.1) is 6.92 Å². The number of carbonyl (C=O) groups is 1. The molecule has 0 aromatic heterocycles. The highest BCUT2D eigenvalue weighted by Gasteiger charge is 2.36. The van der Waals surface area contributed by atoms with Crippen LogP contribution in [0.25, 0.3) is 0 Å². The molecule has 1 heterocycles. The maximum atomic E-state index is 12.3. The molecule has 1 saturated heterocycles. The van der Waals surface area contributed by atoms with Crippen LogP contribution >= 0.6 is 0 Å². The van der Waals surface area contributed by atoms with E-state index in [9.17, 15) is 13.2 Å². The number of nitrogens with zero attached hydrogens (tertiary/aromatic N) is 1. The summed E-state index contributed by atoms with van der Waals surface area (Å²) in [6.07, 6.45) is 1.76. The van der Waals surface area contributed by atoms with Gasteiger partial charge >= 0.3 is 16.2 Å². The fourth-order valence-corrected chi connectivity index (χ4v) is 3.72. The number of piperidine rings is 1. The molecule has 20 heavy (non-hydrogen) atoms. The largest absolute Gasteiger partial charge is 0.480 e. The molecule has 1 atom stereocenters. The van der Waals surface area contributed by atoms with Crippen molar-refractivity contribution in [2.24, 2.45) is 0 Å². The lowest BCUT2D eigenvalue weighted by molar-refractivity contribution is -0.142. The van der Waals surface area contributed by atoms with E-state index >= 15 is 0 Å². The number of aryl methyl sites for hydroxylation is 1. The molecule has 0 amide bonds. The first-order chi connectivity index (χ1) is 9.40. The molecular weight excluding hydrogens is 280 g/mol. The molecule has 1 aliphatic rings. The molecule has 6 nitrogen and oxygen atoms in total. The van der Waals surface area contributed by atoms with Crippen LogP contribution in [0.5, 0.6) is 0 Å². The van der Waals surface area contributed by atoms with Crippen LogP contribution in [0.3, 0.4) is 0 Å². The predicted octanol–water partition coefficient (Wildman–Crippen LogP) is 1.59. The highest BCUT2D eigenvalue weighted by atomic mass is 32.2. The molecule has 1 aliphatic heterocycles. The highest BCUT2D eigenvalue weighted by molar-refractivity contribution is 7.90. The predicted molar refractivity (Wildman–Crippen MR) is 75.7 cm³/mol. The van der Waals surface area contributed by atoms with Gasteiger partial charge in [0.25, 0.3) is 0 Å². The van der Waals surface area contributed by atoms with Crippen molar-refractivity contribution in [3.8, 4) is 0 Å². The van der Waals surface area contributed by atoms with Gasteiger partial charge < -0.3 is 5.11 Å². The van der Waals surface area contributed by atoms with E-state index in [0.717, 1.165) is 16.3 Å². The molecular formula is C13H18N2O4S. The van der Waals surface area contributed by atoms with E-state index < -0.39 is 22.2 Å². The number of aliphatic carboxylic acids is 1. The van der Waals surface area contributed by atoms with E-state index in [2.05, 4.69) is 4.72 Å². The highest BCUT2D eigenvalue weighted by Crippen LogP contribution is 2.22. The molecule has 1 unspecified atom stereocenters. The van der Waals surface area contributed by atoms with E-state index in [1.54, 1.807) is 24.3 Å². The Kier molecular flexibility index (Phi) is 4.29. The molecule has 2 rings (SSSR count). The van der Waals surface area contributed by atoms with Crippen molar-refractivity contribution in [3.05, 3.63) is 29.8 Å². The number of anilines is 1. The molecule has 1 fully saturated rings. The summed E-state index contributed by atoms with van der Waals surface area (Å²) in [6.45, 7) is 2.14. The molecule has 0 spiro atoms. The number of carboxylic acids is 1. The first kappa shape index (κ1) is 14.8. The number of benzene rings is 1. The monoisotopic (exact) mass is 298 g/mol. The summed E-state index contributed by atoms with van der Waals surface area (Å²) in [7, 11) is -3.84. The SMILES string of the molecule is Cc1ccc(NS(=O)(=O)N2CCCCC2C(=O)O)cc1. The Labute approximate surface area is 118 Å². The van der Waals surface area contributed by atoms with E-state index in [0.29, 0.717) is 18.5 Å². The standard InChI is InChI=1S/C13H18N2O4S/c1-10-5-7-11(8-6-10)14-20(18,19)15-9-3-2-4-12(15)13(16)17/h5-8,12,14H,2-4,9H2,1H3,(H,16,17). The zero-order valence-electron chi connectivity index (χ0n) is 11.2. The maximum Gasteiger partial charge on any atom is 0.322 e. The van der Waals surface area contributed by atoms with Gasteiger partial charge in [-0.15, -0.1) is 0 Å². The van der Waals surface area contributed by atoms with Gasteiger partial charge in [0.05, 0.1) is 0 Å². The minimum atomic E-state index is -3.84. The van der Waals surface area contributed by atoms with Gasteiger partial charge in [-0.25, -0.2) is 0 Å². The van der Waals surface area contributed by atoms with E-state index in [4.69, 9.17) is 5.11 Å². The molecule has 0 bridgehead atoms. The Hall–Kier alpha value is -1.60. The van der Waals surface area contributed by atoms with Crippen molar-refractivity contribution in [2.45, 2.75) is 32.2 Å². The summed E-state index contributed by atoms with van der Waals surface area (Å²) >= 11 is 0. The molecule has 7 heteroatoms. The molecule has 0 radical (unpaired) electrons. The van der Waals surface area contributed by atoms with Crippen molar-refractivity contribution in [2.75, 3.05) is 11.3 Å². The fraction of sp³-hybridized carbons (Fsp3) is 0.462. The van der Waals surface area contributed by atoms with Gasteiger partial charge in [0.15, 0.2) is 0 Å². The van der Waals surface area contributed by atoms with Gasteiger partial charge in [-0.3, -0.25) is 9.52 Å². The minimum absolute atomic E-state index is 0.234. The Balaban J connectivity index is 2.20. The second-order valence-electron chi connectivity index (χ2n) is 4.93.